The van der Waals surface area contributed by atoms with Crippen LogP contribution in [0.5, 0.6) is 0 Å². The lowest BCUT2D eigenvalue weighted by Crippen LogP contribution is -2.15. The van der Waals surface area contributed by atoms with Crippen molar-refractivity contribution in [1.82, 2.24) is 9.97 Å². The topological polar surface area (TPSA) is 72.0 Å². The van der Waals surface area contributed by atoms with Crippen molar-refractivity contribution in [2.24, 2.45) is 0 Å². The number of esters is 1. The van der Waals surface area contributed by atoms with Crippen molar-refractivity contribution < 1.29 is 9.53 Å². The molecule has 0 unspecified atom stereocenters. The summed E-state index contributed by atoms with van der Waals surface area (Å²) in [5.74, 6) is -0.0673. The van der Waals surface area contributed by atoms with Crippen molar-refractivity contribution in [1.29, 1.82) is 0 Å². The number of benzene rings is 1. The molecule has 7 heteroatoms. The third-order valence-corrected chi connectivity index (χ3v) is 6.01. The minimum absolute atomic E-state index is 0.0529. The molecule has 0 saturated carbocycles. The Hall–Kier alpha value is -1.99. The van der Waals surface area contributed by atoms with Crippen molar-refractivity contribution in [2.75, 3.05) is 0 Å². The quantitative estimate of drug-likeness (QED) is 0.652. The van der Waals surface area contributed by atoms with Crippen LogP contribution in [0.2, 0.25) is 0 Å². The summed E-state index contributed by atoms with van der Waals surface area (Å²) in [4.78, 5) is 33.8. The van der Waals surface area contributed by atoms with Gasteiger partial charge in [-0.1, -0.05) is 15.9 Å². The van der Waals surface area contributed by atoms with Crippen LogP contribution in [0.25, 0.3) is 10.2 Å². The zero-order chi connectivity index (χ0) is 17.4. The molecule has 0 spiro atoms. The lowest BCUT2D eigenvalue weighted by atomic mass is 9.97. The number of fused-ring (bicyclic) bond motifs is 3. The molecule has 0 saturated heterocycles. The van der Waals surface area contributed by atoms with Gasteiger partial charge in [0.1, 0.15) is 17.3 Å². The van der Waals surface area contributed by atoms with Gasteiger partial charge in [-0.2, -0.15) is 0 Å². The highest BCUT2D eigenvalue weighted by molar-refractivity contribution is 9.10. The van der Waals surface area contributed by atoms with Crippen molar-refractivity contribution in [3.8, 4) is 0 Å². The molecule has 128 valence electrons. The van der Waals surface area contributed by atoms with E-state index in [1.54, 1.807) is 35.6 Å². The number of H-pyrrole nitrogens is 1. The predicted octanol–water partition coefficient (Wildman–Crippen LogP) is 3.98. The van der Waals surface area contributed by atoms with E-state index in [4.69, 9.17) is 4.74 Å². The Morgan fingerprint density at radius 2 is 2.00 bits per heavy atom. The molecule has 1 aliphatic rings. The maximum atomic E-state index is 12.5. The zero-order valence-electron chi connectivity index (χ0n) is 13.3. The van der Waals surface area contributed by atoms with Gasteiger partial charge in [0.2, 0.25) is 0 Å². The summed E-state index contributed by atoms with van der Waals surface area (Å²) >= 11 is 4.91. The summed E-state index contributed by atoms with van der Waals surface area (Å²) in [6.45, 7) is -0.0529. The minimum Gasteiger partial charge on any atom is -0.454 e. The van der Waals surface area contributed by atoms with Crippen LogP contribution in [0.1, 0.15) is 39.5 Å². The number of hydrogen-bond acceptors (Lipinski definition) is 5. The van der Waals surface area contributed by atoms with E-state index in [0.717, 1.165) is 40.5 Å². The van der Waals surface area contributed by atoms with Crippen molar-refractivity contribution >= 4 is 43.5 Å². The molecule has 1 aliphatic carbocycles. The molecule has 0 atom stereocenters. The van der Waals surface area contributed by atoms with E-state index in [0.29, 0.717) is 16.8 Å². The first kappa shape index (κ1) is 16.5. The normalized spacial score (nSPS) is 13.6. The molecule has 1 aromatic carbocycles. The molecule has 0 bridgehead atoms. The second kappa shape index (κ2) is 6.72. The lowest BCUT2D eigenvalue weighted by Gasteiger charge is -2.09. The maximum Gasteiger partial charge on any atom is 0.338 e. The average molecular weight is 419 g/mol. The summed E-state index contributed by atoms with van der Waals surface area (Å²) in [5, 5.41) is 0.711. The van der Waals surface area contributed by atoms with Gasteiger partial charge in [0.15, 0.2) is 0 Å². The largest absolute Gasteiger partial charge is 0.454 e. The molecule has 2 heterocycles. The van der Waals surface area contributed by atoms with Gasteiger partial charge in [0, 0.05) is 9.35 Å². The molecule has 1 N–H and O–H groups in total. The molecular weight excluding hydrogens is 404 g/mol. The van der Waals surface area contributed by atoms with Crippen LogP contribution in [-0.2, 0) is 24.2 Å². The third kappa shape index (κ3) is 3.26. The maximum absolute atomic E-state index is 12.5. The predicted molar refractivity (Wildman–Crippen MR) is 100 cm³/mol. The summed E-state index contributed by atoms with van der Waals surface area (Å²) in [6, 6.07) is 6.91. The Morgan fingerprint density at radius 1 is 1.24 bits per heavy atom. The Labute approximate surface area is 156 Å². The number of aromatic amines is 1. The third-order valence-electron chi connectivity index (χ3n) is 4.29. The van der Waals surface area contributed by atoms with Gasteiger partial charge in [-0.3, -0.25) is 4.79 Å². The lowest BCUT2D eigenvalue weighted by molar-refractivity contribution is 0.0462. The van der Waals surface area contributed by atoms with Crippen LogP contribution < -0.4 is 5.56 Å². The molecule has 0 radical (unpaired) electrons. The Morgan fingerprint density at radius 3 is 2.80 bits per heavy atom. The Balaban J connectivity index is 1.57. The molecule has 5 nitrogen and oxygen atoms in total. The summed E-state index contributed by atoms with van der Waals surface area (Å²) in [7, 11) is 0. The van der Waals surface area contributed by atoms with E-state index in [-0.39, 0.29) is 12.2 Å². The van der Waals surface area contributed by atoms with E-state index >= 15 is 0 Å². The number of hydrogen-bond donors (Lipinski definition) is 1. The van der Waals surface area contributed by atoms with Gasteiger partial charge in [-0.05, 0) is 55.5 Å². The monoisotopic (exact) mass is 418 g/mol. The van der Waals surface area contributed by atoms with Crippen LogP contribution in [0.3, 0.4) is 0 Å². The Bertz CT molecular complexity index is 1010. The van der Waals surface area contributed by atoms with E-state index in [9.17, 15) is 9.59 Å². The van der Waals surface area contributed by atoms with Crippen molar-refractivity contribution in [3.63, 3.8) is 0 Å². The zero-order valence-corrected chi connectivity index (χ0v) is 15.7. The number of carbonyl (C=O) groups is 1. The highest BCUT2D eigenvalue weighted by Crippen LogP contribution is 2.33. The second-order valence-corrected chi connectivity index (χ2v) is 7.99. The van der Waals surface area contributed by atoms with Gasteiger partial charge in [-0.25, -0.2) is 9.78 Å². The van der Waals surface area contributed by atoms with Crippen molar-refractivity contribution in [2.45, 2.75) is 32.3 Å². The van der Waals surface area contributed by atoms with E-state index in [1.165, 1.54) is 4.88 Å². The molecule has 0 aliphatic heterocycles. The van der Waals surface area contributed by atoms with E-state index < -0.39 is 5.97 Å². The number of aromatic nitrogens is 2. The van der Waals surface area contributed by atoms with Crippen molar-refractivity contribution in [3.05, 3.63) is 60.9 Å². The molecular formula is C18H15BrN2O3S. The number of rotatable bonds is 3. The molecule has 3 aromatic rings. The molecule has 0 fully saturated rings. The highest BCUT2D eigenvalue weighted by atomic mass is 79.9. The Kier molecular flexibility index (Phi) is 4.43. The summed E-state index contributed by atoms with van der Waals surface area (Å²) in [5.41, 5.74) is 1.47. The number of ether oxygens (including phenoxy) is 1. The van der Waals surface area contributed by atoms with Crippen LogP contribution in [0.4, 0.5) is 0 Å². The SMILES string of the molecule is O=C(OCc1nc2sc3c(c2c(=O)[nH]1)CCCC3)c1ccc(Br)cc1. The smallest absolute Gasteiger partial charge is 0.338 e. The fourth-order valence-corrected chi connectivity index (χ4v) is 4.63. The minimum atomic E-state index is -0.444. The highest BCUT2D eigenvalue weighted by Gasteiger charge is 2.20. The van der Waals surface area contributed by atoms with E-state index in [1.807, 2.05) is 0 Å². The number of thiophene rings is 1. The van der Waals surface area contributed by atoms with Gasteiger partial charge >= 0.3 is 5.97 Å². The first-order valence-electron chi connectivity index (χ1n) is 8.08. The average Bonchev–Trinajstić information content (AvgIpc) is 2.99. The number of nitrogens with zero attached hydrogens (tertiary/aromatic N) is 1. The number of halogens is 1. The summed E-state index contributed by atoms with van der Waals surface area (Å²) < 4.78 is 6.17. The van der Waals surface area contributed by atoms with Crippen LogP contribution in [0, 0.1) is 0 Å². The number of carbonyl (C=O) groups excluding carboxylic acids is 1. The van der Waals surface area contributed by atoms with Gasteiger partial charge < -0.3 is 9.72 Å². The molecule has 25 heavy (non-hydrogen) atoms. The fourth-order valence-electron chi connectivity index (χ4n) is 3.08. The first-order chi connectivity index (χ1) is 12.1. The molecule has 0 amide bonds. The summed E-state index contributed by atoms with van der Waals surface area (Å²) in [6.07, 6.45) is 4.24. The molecule has 4 rings (SSSR count). The standard InChI is InChI=1S/C18H15BrN2O3S/c19-11-7-5-10(6-8-11)18(23)24-9-14-20-16(22)15-12-3-1-2-4-13(12)25-17(15)21-14/h5-8H,1-4,9H2,(H,20,21,22). The second-order valence-electron chi connectivity index (χ2n) is 5.99. The number of nitrogens with one attached hydrogen (secondary N) is 1. The van der Waals surface area contributed by atoms with Crippen LogP contribution >= 0.6 is 27.3 Å². The van der Waals surface area contributed by atoms with Gasteiger partial charge in [0.25, 0.3) is 5.56 Å². The van der Waals surface area contributed by atoms with Gasteiger partial charge in [0.05, 0.1) is 10.9 Å². The molecule has 2 aromatic heterocycles. The van der Waals surface area contributed by atoms with E-state index in [2.05, 4.69) is 25.9 Å². The van der Waals surface area contributed by atoms with Crippen LogP contribution in [0.15, 0.2) is 33.5 Å². The fraction of sp³-hybridized carbons (Fsp3) is 0.278. The van der Waals surface area contributed by atoms with Gasteiger partial charge in [-0.15, -0.1) is 11.3 Å². The number of aryl methyl sites for hydroxylation is 2. The van der Waals surface area contributed by atoms with Crippen LogP contribution in [-0.4, -0.2) is 15.9 Å². The first-order valence-corrected chi connectivity index (χ1v) is 9.69.